The Morgan fingerprint density at radius 2 is 1.78 bits per heavy atom. The standard InChI is InChI=1S/C13H25N3O2/c1-13(2,3)16-12(18)9-15-11(17)8-10-4-6-14-7-5-10/h10,14H,4-9H2,1-3H3,(H,15,17)(H,16,18). The van der Waals surface area contributed by atoms with E-state index < -0.39 is 0 Å². The molecule has 0 aliphatic carbocycles. The number of nitrogens with one attached hydrogen (secondary N) is 3. The van der Waals surface area contributed by atoms with Crippen molar-refractivity contribution < 1.29 is 9.59 Å². The minimum absolute atomic E-state index is 0.0223. The molecular weight excluding hydrogens is 230 g/mol. The van der Waals surface area contributed by atoms with Crippen LogP contribution in [0.1, 0.15) is 40.0 Å². The lowest BCUT2D eigenvalue weighted by Gasteiger charge is -2.22. The highest BCUT2D eigenvalue weighted by atomic mass is 16.2. The SMILES string of the molecule is CC(C)(C)NC(=O)CNC(=O)CC1CCNCC1. The van der Waals surface area contributed by atoms with Crippen molar-refractivity contribution in [1.29, 1.82) is 0 Å². The molecule has 0 bridgehead atoms. The van der Waals surface area contributed by atoms with Gasteiger partial charge in [0.15, 0.2) is 0 Å². The Kier molecular flexibility index (Phi) is 5.59. The van der Waals surface area contributed by atoms with Crippen LogP contribution in [-0.2, 0) is 9.59 Å². The van der Waals surface area contributed by atoms with Crippen LogP contribution in [0.25, 0.3) is 0 Å². The molecule has 0 aromatic heterocycles. The van der Waals surface area contributed by atoms with Gasteiger partial charge in [-0.25, -0.2) is 0 Å². The Hall–Kier alpha value is -1.10. The molecule has 0 saturated carbocycles. The Morgan fingerprint density at radius 1 is 1.17 bits per heavy atom. The molecule has 104 valence electrons. The zero-order chi connectivity index (χ0) is 13.6. The van der Waals surface area contributed by atoms with Crippen LogP contribution >= 0.6 is 0 Å². The van der Waals surface area contributed by atoms with Gasteiger partial charge in [-0.05, 0) is 52.6 Å². The number of carbonyl (C=O) groups excluding carboxylic acids is 2. The summed E-state index contributed by atoms with van der Waals surface area (Å²) in [5, 5.41) is 8.76. The highest BCUT2D eigenvalue weighted by Crippen LogP contribution is 2.15. The average molecular weight is 255 g/mol. The summed E-state index contributed by atoms with van der Waals surface area (Å²) in [6, 6.07) is 0. The van der Waals surface area contributed by atoms with Gasteiger partial charge in [-0.15, -0.1) is 0 Å². The maximum absolute atomic E-state index is 11.7. The lowest BCUT2D eigenvalue weighted by molar-refractivity contribution is -0.127. The average Bonchev–Trinajstić information content (AvgIpc) is 2.25. The molecule has 5 heteroatoms. The van der Waals surface area contributed by atoms with Crippen LogP contribution in [0.15, 0.2) is 0 Å². The Morgan fingerprint density at radius 3 is 2.33 bits per heavy atom. The summed E-state index contributed by atoms with van der Waals surface area (Å²) in [7, 11) is 0. The van der Waals surface area contributed by atoms with Crippen molar-refractivity contribution in [2.24, 2.45) is 5.92 Å². The Bertz CT molecular complexity index is 291. The molecule has 0 radical (unpaired) electrons. The monoisotopic (exact) mass is 255 g/mol. The topological polar surface area (TPSA) is 70.2 Å². The summed E-state index contributed by atoms with van der Waals surface area (Å²) < 4.78 is 0. The fraction of sp³-hybridized carbons (Fsp3) is 0.846. The molecule has 1 aliphatic heterocycles. The molecule has 2 amide bonds. The molecular formula is C13H25N3O2. The van der Waals surface area contributed by atoms with Gasteiger partial charge in [-0.2, -0.15) is 0 Å². The number of hydrogen-bond donors (Lipinski definition) is 3. The molecule has 1 rings (SSSR count). The second-order valence-electron chi connectivity index (χ2n) is 5.97. The smallest absolute Gasteiger partial charge is 0.239 e. The first-order valence-electron chi connectivity index (χ1n) is 6.65. The van der Waals surface area contributed by atoms with Gasteiger partial charge >= 0.3 is 0 Å². The van der Waals surface area contributed by atoms with Crippen molar-refractivity contribution in [2.45, 2.75) is 45.6 Å². The van der Waals surface area contributed by atoms with E-state index in [-0.39, 0.29) is 23.9 Å². The van der Waals surface area contributed by atoms with Gasteiger partial charge in [-0.3, -0.25) is 9.59 Å². The molecule has 3 N–H and O–H groups in total. The summed E-state index contributed by atoms with van der Waals surface area (Å²) >= 11 is 0. The summed E-state index contributed by atoms with van der Waals surface area (Å²) in [5.41, 5.74) is -0.253. The second-order valence-corrected chi connectivity index (χ2v) is 5.97. The van der Waals surface area contributed by atoms with E-state index in [1.54, 1.807) is 0 Å². The summed E-state index contributed by atoms with van der Waals surface area (Å²) in [4.78, 5) is 23.2. The molecule has 0 unspecified atom stereocenters. The maximum atomic E-state index is 11.7. The molecule has 1 heterocycles. The minimum Gasteiger partial charge on any atom is -0.350 e. The van der Waals surface area contributed by atoms with Gasteiger partial charge in [-0.1, -0.05) is 0 Å². The largest absolute Gasteiger partial charge is 0.350 e. The fourth-order valence-electron chi connectivity index (χ4n) is 2.06. The highest BCUT2D eigenvalue weighted by Gasteiger charge is 2.18. The van der Waals surface area contributed by atoms with Crippen molar-refractivity contribution in [3.8, 4) is 0 Å². The van der Waals surface area contributed by atoms with Crippen molar-refractivity contribution in [2.75, 3.05) is 19.6 Å². The summed E-state index contributed by atoms with van der Waals surface area (Å²) in [6.07, 6.45) is 2.62. The molecule has 0 spiro atoms. The van der Waals surface area contributed by atoms with E-state index in [9.17, 15) is 9.59 Å². The van der Waals surface area contributed by atoms with Crippen LogP contribution in [0.5, 0.6) is 0 Å². The second kappa shape index (κ2) is 6.73. The molecule has 18 heavy (non-hydrogen) atoms. The maximum Gasteiger partial charge on any atom is 0.239 e. The summed E-state index contributed by atoms with van der Waals surface area (Å²) in [6.45, 7) is 7.80. The zero-order valence-electron chi connectivity index (χ0n) is 11.6. The number of amides is 2. The molecule has 1 saturated heterocycles. The van der Waals surface area contributed by atoms with Gasteiger partial charge in [0.2, 0.25) is 11.8 Å². The number of piperidine rings is 1. The van der Waals surface area contributed by atoms with Gasteiger partial charge in [0.1, 0.15) is 0 Å². The molecule has 0 aromatic carbocycles. The number of rotatable bonds is 4. The van der Waals surface area contributed by atoms with E-state index in [1.807, 2.05) is 20.8 Å². The van der Waals surface area contributed by atoms with Crippen LogP contribution in [0, 0.1) is 5.92 Å². The molecule has 0 atom stereocenters. The third-order valence-corrected chi connectivity index (χ3v) is 2.89. The van der Waals surface area contributed by atoms with E-state index in [0.717, 1.165) is 25.9 Å². The predicted molar refractivity (Wildman–Crippen MR) is 71.1 cm³/mol. The number of hydrogen-bond acceptors (Lipinski definition) is 3. The third kappa shape index (κ3) is 6.59. The molecule has 1 fully saturated rings. The quantitative estimate of drug-likeness (QED) is 0.681. The van der Waals surface area contributed by atoms with Crippen LogP contribution in [-0.4, -0.2) is 37.0 Å². The normalized spacial score (nSPS) is 17.3. The fourth-order valence-corrected chi connectivity index (χ4v) is 2.06. The summed E-state index contributed by atoms with van der Waals surface area (Å²) in [5.74, 6) is 0.295. The van der Waals surface area contributed by atoms with Crippen molar-refractivity contribution >= 4 is 11.8 Å². The van der Waals surface area contributed by atoms with Crippen molar-refractivity contribution in [3.05, 3.63) is 0 Å². The third-order valence-electron chi connectivity index (χ3n) is 2.89. The van der Waals surface area contributed by atoms with Crippen LogP contribution in [0.3, 0.4) is 0 Å². The van der Waals surface area contributed by atoms with E-state index in [1.165, 1.54) is 0 Å². The first kappa shape index (κ1) is 15.0. The van der Waals surface area contributed by atoms with Gasteiger partial charge in [0.05, 0.1) is 6.54 Å². The Balaban J connectivity index is 2.18. The van der Waals surface area contributed by atoms with Crippen LogP contribution < -0.4 is 16.0 Å². The van der Waals surface area contributed by atoms with E-state index >= 15 is 0 Å². The molecule has 5 nitrogen and oxygen atoms in total. The van der Waals surface area contributed by atoms with Crippen molar-refractivity contribution in [3.63, 3.8) is 0 Å². The van der Waals surface area contributed by atoms with Crippen LogP contribution in [0.4, 0.5) is 0 Å². The predicted octanol–water partition coefficient (Wildman–Crippen LogP) is 0.407. The highest BCUT2D eigenvalue weighted by molar-refractivity contribution is 5.85. The first-order chi connectivity index (χ1) is 8.37. The minimum atomic E-state index is -0.253. The lowest BCUT2D eigenvalue weighted by atomic mass is 9.94. The number of carbonyl (C=O) groups is 2. The van der Waals surface area contributed by atoms with Gasteiger partial charge < -0.3 is 16.0 Å². The van der Waals surface area contributed by atoms with Crippen molar-refractivity contribution in [1.82, 2.24) is 16.0 Å². The van der Waals surface area contributed by atoms with E-state index in [0.29, 0.717) is 12.3 Å². The van der Waals surface area contributed by atoms with Gasteiger partial charge in [0.25, 0.3) is 0 Å². The first-order valence-corrected chi connectivity index (χ1v) is 6.65. The van der Waals surface area contributed by atoms with E-state index in [2.05, 4.69) is 16.0 Å². The zero-order valence-corrected chi connectivity index (χ0v) is 11.6. The Labute approximate surface area is 109 Å². The van der Waals surface area contributed by atoms with Gasteiger partial charge in [0, 0.05) is 12.0 Å². The molecule has 1 aliphatic rings. The van der Waals surface area contributed by atoms with Crippen LogP contribution in [0.2, 0.25) is 0 Å². The van der Waals surface area contributed by atoms with E-state index in [4.69, 9.17) is 0 Å². The molecule has 0 aromatic rings. The lowest BCUT2D eigenvalue weighted by Crippen LogP contribution is -2.46.